The molecular formula is C26H26FNO4S. The standard InChI is InChI=1S/C26H26FNO4S/c1-15-23(26(30)32-14-17-6-4-10-31-17)24(18-7-2-3-8-19(18)27)25-20(28-15)12-16(13-21(25)29)22-9-5-11-33-22/h2-3,5,7-9,11,16-17,24,28H,4,6,10,12-14H2,1H3/t16-,17-,24-/m1/s1. The van der Waals surface area contributed by atoms with Crippen molar-refractivity contribution in [3.8, 4) is 0 Å². The molecule has 1 aromatic carbocycles. The second-order valence-corrected chi connectivity index (χ2v) is 9.77. The lowest BCUT2D eigenvalue weighted by Crippen LogP contribution is -2.36. The van der Waals surface area contributed by atoms with Gasteiger partial charge in [0.05, 0.1) is 17.6 Å². The van der Waals surface area contributed by atoms with E-state index >= 15 is 4.39 Å². The Labute approximate surface area is 196 Å². The zero-order chi connectivity index (χ0) is 22.9. The number of nitrogens with one attached hydrogen (secondary N) is 1. The van der Waals surface area contributed by atoms with Crippen molar-refractivity contribution in [3.05, 3.63) is 80.6 Å². The summed E-state index contributed by atoms with van der Waals surface area (Å²) < 4.78 is 26.2. The van der Waals surface area contributed by atoms with E-state index < -0.39 is 17.7 Å². The Balaban J connectivity index is 1.51. The van der Waals surface area contributed by atoms with Crippen molar-refractivity contribution >= 4 is 23.1 Å². The van der Waals surface area contributed by atoms with Crippen LogP contribution in [0.4, 0.5) is 4.39 Å². The van der Waals surface area contributed by atoms with Gasteiger partial charge in [-0.3, -0.25) is 4.79 Å². The fraction of sp³-hybridized carbons (Fsp3) is 0.385. The molecule has 0 saturated carbocycles. The molecule has 3 heterocycles. The van der Waals surface area contributed by atoms with Gasteiger partial charge in [0.1, 0.15) is 12.4 Å². The molecule has 5 nitrogen and oxygen atoms in total. The monoisotopic (exact) mass is 467 g/mol. The first kappa shape index (κ1) is 22.0. The molecule has 1 aliphatic carbocycles. The van der Waals surface area contributed by atoms with Crippen LogP contribution in [-0.4, -0.2) is 31.1 Å². The number of carbonyl (C=O) groups excluding carboxylic acids is 2. The second-order valence-electron chi connectivity index (χ2n) is 8.79. The molecular weight excluding hydrogens is 441 g/mol. The van der Waals surface area contributed by atoms with Crippen LogP contribution in [0.25, 0.3) is 0 Å². The highest BCUT2D eigenvalue weighted by molar-refractivity contribution is 7.10. The summed E-state index contributed by atoms with van der Waals surface area (Å²) in [4.78, 5) is 27.9. The Bertz CT molecular complexity index is 1130. The van der Waals surface area contributed by atoms with E-state index in [0.29, 0.717) is 41.9 Å². The molecule has 1 aromatic heterocycles. The van der Waals surface area contributed by atoms with Crippen molar-refractivity contribution < 1.29 is 23.5 Å². The van der Waals surface area contributed by atoms with Crippen LogP contribution < -0.4 is 5.32 Å². The molecule has 1 saturated heterocycles. The van der Waals surface area contributed by atoms with Crippen molar-refractivity contribution in [2.24, 2.45) is 0 Å². The average molecular weight is 468 g/mol. The highest BCUT2D eigenvalue weighted by atomic mass is 32.1. The quantitative estimate of drug-likeness (QED) is 0.629. The molecule has 0 radical (unpaired) electrons. The molecule has 172 valence electrons. The zero-order valence-electron chi connectivity index (χ0n) is 18.4. The first-order chi connectivity index (χ1) is 16.0. The largest absolute Gasteiger partial charge is 0.459 e. The van der Waals surface area contributed by atoms with E-state index in [1.165, 1.54) is 6.07 Å². The Kier molecular flexibility index (Phi) is 6.17. The van der Waals surface area contributed by atoms with Crippen molar-refractivity contribution in [1.29, 1.82) is 0 Å². The van der Waals surface area contributed by atoms with Crippen molar-refractivity contribution in [1.82, 2.24) is 5.32 Å². The van der Waals surface area contributed by atoms with Crippen LogP contribution in [0.1, 0.15) is 54.9 Å². The molecule has 33 heavy (non-hydrogen) atoms. The smallest absolute Gasteiger partial charge is 0.336 e. The van der Waals surface area contributed by atoms with Crippen LogP contribution in [0.15, 0.2) is 64.3 Å². The number of dihydropyridines is 1. The van der Waals surface area contributed by atoms with E-state index in [0.717, 1.165) is 23.4 Å². The van der Waals surface area contributed by atoms with Gasteiger partial charge < -0.3 is 14.8 Å². The molecule has 2 aliphatic heterocycles. The number of thiophene rings is 1. The zero-order valence-corrected chi connectivity index (χ0v) is 19.3. The number of carbonyl (C=O) groups is 2. The first-order valence-electron chi connectivity index (χ1n) is 11.3. The molecule has 1 N–H and O–H groups in total. The summed E-state index contributed by atoms with van der Waals surface area (Å²) >= 11 is 1.63. The number of esters is 1. The van der Waals surface area contributed by atoms with Crippen molar-refractivity contribution in [2.75, 3.05) is 13.2 Å². The lowest BCUT2D eigenvalue weighted by molar-refractivity contribution is -0.142. The molecule has 0 amide bonds. The number of hydrogen-bond acceptors (Lipinski definition) is 6. The third kappa shape index (κ3) is 4.27. The molecule has 0 bridgehead atoms. The van der Waals surface area contributed by atoms with E-state index in [9.17, 15) is 9.59 Å². The number of ketones is 1. The minimum Gasteiger partial charge on any atom is -0.459 e. The van der Waals surface area contributed by atoms with Crippen LogP contribution in [-0.2, 0) is 19.1 Å². The van der Waals surface area contributed by atoms with Gasteiger partial charge in [-0.1, -0.05) is 24.3 Å². The number of ether oxygens (including phenoxy) is 2. The van der Waals surface area contributed by atoms with Crippen molar-refractivity contribution in [3.63, 3.8) is 0 Å². The van der Waals surface area contributed by atoms with Crippen LogP contribution >= 0.6 is 11.3 Å². The number of hydrogen-bond donors (Lipinski definition) is 1. The van der Waals surface area contributed by atoms with Gasteiger partial charge in [0.25, 0.3) is 0 Å². The molecule has 0 unspecified atom stereocenters. The molecule has 0 spiro atoms. The molecule has 3 aliphatic rings. The lowest BCUT2D eigenvalue weighted by atomic mass is 9.72. The number of Topliss-reactive ketones (excluding diaryl/α,β-unsaturated/α-hetero) is 1. The van der Waals surface area contributed by atoms with Gasteiger partial charge in [-0.2, -0.15) is 0 Å². The minimum atomic E-state index is -0.795. The fourth-order valence-electron chi connectivity index (χ4n) is 5.08. The van der Waals surface area contributed by atoms with Crippen LogP contribution in [0.3, 0.4) is 0 Å². The van der Waals surface area contributed by atoms with Crippen molar-refractivity contribution in [2.45, 2.75) is 50.5 Å². The minimum absolute atomic E-state index is 0.0627. The highest BCUT2D eigenvalue weighted by Crippen LogP contribution is 2.46. The molecule has 3 atom stereocenters. The third-order valence-electron chi connectivity index (χ3n) is 6.63. The lowest BCUT2D eigenvalue weighted by Gasteiger charge is -2.36. The Morgan fingerprint density at radius 1 is 1.24 bits per heavy atom. The van der Waals surface area contributed by atoms with Gasteiger partial charge in [-0.25, -0.2) is 9.18 Å². The van der Waals surface area contributed by atoms with Gasteiger partial charge in [0, 0.05) is 46.4 Å². The summed E-state index contributed by atoms with van der Waals surface area (Å²) in [7, 11) is 0. The van der Waals surface area contributed by atoms with Gasteiger partial charge in [0.15, 0.2) is 5.78 Å². The first-order valence-corrected chi connectivity index (χ1v) is 12.2. The normalized spacial score (nSPS) is 25.2. The summed E-state index contributed by atoms with van der Waals surface area (Å²) in [6.07, 6.45) is 2.65. The number of halogens is 1. The predicted molar refractivity (Wildman–Crippen MR) is 123 cm³/mol. The topological polar surface area (TPSA) is 64.6 Å². The van der Waals surface area contributed by atoms with Gasteiger partial charge in [-0.15, -0.1) is 11.3 Å². The van der Waals surface area contributed by atoms with E-state index in [1.807, 2.05) is 17.5 Å². The third-order valence-corrected chi connectivity index (χ3v) is 7.67. The van der Waals surface area contributed by atoms with Crippen LogP contribution in [0.2, 0.25) is 0 Å². The predicted octanol–water partition coefficient (Wildman–Crippen LogP) is 4.97. The Morgan fingerprint density at radius 3 is 2.82 bits per heavy atom. The molecule has 7 heteroatoms. The molecule has 2 aromatic rings. The van der Waals surface area contributed by atoms with Crippen LogP contribution in [0.5, 0.6) is 0 Å². The van der Waals surface area contributed by atoms with Crippen LogP contribution in [0, 0.1) is 5.82 Å². The highest BCUT2D eigenvalue weighted by Gasteiger charge is 2.42. The molecule has 5 rings (SSSR count). The second kappa shape index (κ2) is 9.23. The fourth-order valence-corrected chi connectivity index (χ4v) is 5.91. The summed E-state index contributed by atoms with van der Waals surface area (Å²) in [6, 6.07) is 10.4. The summed E-state index contributed by atoms with van der Waals surface area (Å²) in [5.41, 5.74) is 2.45. The maximum Gasteiger partial charge on any atom is 0.336 e. The van der Waals surface area contributed by atoms with E-state index in [1.54, 1.807) is 36.5 Å². The van der Waals surface area contributed by atoms with Gasteiger partial charge in [-0.05, 0) is 43.7 Å². The summed E-state index contributed by atoms with van der Waals surface area (Å²) in [6.45, 7) is 2.61. The SMILES string of the molecule is CC1=C(C(=O)OC[C@H]2CCCO2)[C@@H](c2ccccc2F)C2=C(C[C@@H](c3cccs3)CC2=O)N1. The van der Waals surface area contributed by atoms with E-state index in [-0.39, 0.29) is 24.4 Å². The summed E-state index contributed by atoms with van der Waals surface area (Å²) in [5, 5.41) is 5.31. The number of rotatable bonds is 5. The number of allylic oxidation sites excluding steroid dienone is 3. The Morgan fingerprint density at radius 2 is 2.09 bits per heavy atom. The Hall–Kier alpha value is -2.77. The molecule has 1 fully saturated rings. The van der Waals surface area contributed by atoms with Gasteiger partial charge in [0.2, 0.25) is 0 Å². The summed E-state index contributed by atoms with van der Waals surface area (Å²) in [5.74, 6) is -1.76. The van der Waals surface area contributed by atoms with E-state index in [2.05, 4.69) is 5.32 Å². The maximum absolute atomic E-state index is 15.0. The average Bonchev–Trinajstić information content (AvgIpc) is 3.51. The maximum atomic E-state index is 15.0. The number of benzene rings is 1. The van der Waals surface area contributed by atoms with E-state index in [4.69, 9.17) is 9.47 Å². The van der Waals surface area contributed by atoms with Gasteiger partial charge >= 0.3 is 5.97 Å².